The van der Waals surface area contributed by atoms with Gasteiger partial charge in [-0.15, -0.1) is 10.2 Å². The fourth-order valence-electron chi connectivity index (χ4n) is 2.57. The summed E-state index contributed by atoms with van der Waals surface area (Å²) in [5, 5.41) is 11.5. The molecule has 1 aromatic heterocycles. The largest absolute Gasteiger partial charge is 0.325 e. The summed E-state index contributed by atoms with van der Waals surface area (Å²) >= 11 is 1.46. The Labute approximate surface area is 144 Å². The van der Waals surface area contributed by atoms with E-state index in [1.54, 1.807) is 20.2 Å². The number of benzene rings is 1. The van der Waals surface area contributed by atoms with Crippen LogP contribution in [0.15, 0.2) is 35.7 Å². The summed E-state index contributed by atoms with van der Waals surface area (Å²) in [6, 6.07) is 7.63. The highest BCUT2D eigenvalue weighted by molar-refractivity contribution is 7.99. The quantitative estimate of drug-likeness (QED) is 0.662. The molecule has 3 amide bonds. The van der Waals surface area contributed by atoms with Crippen molar-refractivity contribution in [1.29, 1.82) is 0 Å². The number of hydrogen-bond donors (Lipinski definition) is 1. The second-order valence-electron chi connectivity index (χ2n) is 6.13. The molecule has 126 valence electrons. The molecule has 0 atom stereocenters. The van der Waals surface area contributed by atoms with Gasteiger partial charge in [0, 0.05) is 12.3 Å². The van der Waals surface area contributed by atoms with Crippen LogP contribution in [0.2, 0.25) is 0 Å². The second kappa shape index (κ2) is 6.27. The lowest BCUT2D eigenvalue weighted by Gasteiger charge is -2.15. The van der Waals surface area contributed by atoms with E-state index >= 15 is 0 Å². The normalized spacial score (nSPS) is 16.5. The van der Waals surface area contributed by atoms with Gasteiger partial charge in [0.2, 0.25) is 0 Å². The molecule has 1 aliphatic heterocycles. The molecule has 3 rings (SSSR count). The summed E-state index contributed by atoms with van der Waals surface area (Å²) in [6.45, 7) is 5.77. The van der Waals surface area contributed by atoms with Gasteiger partial charge in [-0.2, -0.15) is 0 Å². The number of carbonyl (C=O) groups is 2. The first-order valence-corrected chi connectivity index (χ1v) is 8.61. The second-order valence-corrected chi connectivity index (χ2v) is 7.19. The Morgan fingerprint density at radius 2 is 2.00 bits per heavy atom. The highest BCUT2D eigenvalue weighted by atomic mass is 32.2. The topological polar surface area (TPSA) is 80.1 Å². The molecule has 0 unspecified atom stereocenters. The maximum atomic E-state index is 12.2. The van der Waals surface area contributed by atoms with Crippen molar-refractivity contribution in [2.45, 2.75) is 31.5 Å². The van der Waals surface area contributed by atoms with E-state index in [0.717, 1.165) is 16.4 Å². The molecule has 2 heterocycles. The van der Waals surface area contributed by atoms with Crippen molar-refractivity contribution in [3.05, 3.63) is 36.2 Å². The summed E-state index contributed by atoms with van der Waals surface area (Å²) in [6.07, 6.45) is 1.67. The summed E-state index contributed by atoms with van der Waals surface area (Å²) < 4.78 is 1.91. The Balaban J connectivity index is 1.67. The molecule has 1 saturated heterocycles. The third-order valence-corrected chi connectivity index (χ3v) is 4.81. The van der Waals surface area contributed by atoms with Gasteiger partial charge in [-0.3, -0.25) is 14.3 Å². The van der Waals surface area contributed by atoms with Crippen molar-refractivity contribution in [3.63, 3.8) is 0 Å². The number of para-hydroxylation sites is 1. The number of nitrogens with zero attached hydrogens (tertiary/aromatic N) is 4. The number of urea groups is 1. The molecule has 0 saturated carbocycles. The van der Waals surface area contributed by atoms with E-state index in [-0.39, 0.29) is 11.9 Å². The monoisotopic (exact) mass is 345 g/mol. The fraction of sp³-hybridized carbons (Fsp3) is 0.375. The van der Waals surface area contributed by atoms with Crippen LogP contribution in [0.1, 0.15) is 19.4 Å². The molecule has 7 nitrogen and oxygen atoms in total. The van der Waals surface area contributed by atoms with Crippen LogP contribution < -0.4 is 5.32 Å². The highest BCUT2D eigenvalue weighted by Gasteiger charge is 2.43. The molecular weight excluding hydrogens is 326 g/mol. The van der Waals surface area contributed by atoms with Gasteiger partial charge in [0.25, 0.3) is 5.91 Å². The lowest BCUT2D eigenvalue weighted by atomic mass is 10.1. The zero-order valence-corrected chi connectivity index (χ0v) is 14.6. The number of amides is 3. The van der Waals surface area contributed by atoms with Gasteiger partial charge in [0.15, 0.2) is 5.16 Å². The number of aryl methyl sites for hydroxylation is 1. The maximum absolute atomic E-state index is 12.2. The zero-order valence-electron chi connectivity index (χ0n) is 13.8. The van der Waals surface area contributed by atoms with E-state index in [1.807, 2.05) is 35.8 Å². The number of nitrogens with one attached hydrogen (secondary N) is 1. The highest BCUT2D eigenvalue weighted by Crippen LogP contribution is 2.23. The Kier molecular flexibility index (Phi) is 4.31. The Morgan fingerprint density at radius 1 is 1.25 bits per heavy atom. The van der Waals surface area contributed by atoms with Crippen molar-refractivity contribution in [2.75, 3.05) is 12.3 Å². The SMILES string of the molecule is Cc1ccccc1-n1cnnc1SCCN1C(=O)NC(C)(C)C1=O. The van der Waals surface area contributed by atoms with Gasteiger partial charge in [-0.1, -0.05) is 30.0 Å². The van der Waals surface area contributed by atoms with E-state index < -0.39 is 5.54 Å². The fourth-order valence-corrected chi connectivity index (χ4v) is 3.42. The average molecular weight is 345 g/mol. The van der Waals surface area contributed by atoms with Crippen LogP contribution in [0.3, 0.4) is 0 Å². The van der Waals surface area contributed by atoms with E-state index in [1.165, 1.54) is 16.7 Å². The predicted molar refractivity (Wildman–Crippen MR) is 91.1 cm³/mol. The van der Waals surface area contributed by atoms with E-state index in [9.17, 15) is 9.59 Å². The van der Waals surface area contributed by atoms with E-state index in [2.05, 4.69) is 15.5 Å². The van der Waals surface area contributed by atoms with Gasteiger partial charge in [-0.05, 0) is 32.4 Å². The molecule has 8 heteroatoms. The summed E-state index contributed by atoms with van der Waals surface area (Å²) in [5.74, 6) is 0.355. The molecule has 1 aromatic carbocycles. The lowest BCUT2D eigenvalue weighted by molar-refractivity contribution is -0.130. The van der Waals surface area contributed by atoms with Crippen LogP contribution in [-0.2, 0) is 4.79 Å². The third kappa shape index (κ3) is 3.01. The van der Waals surface area contributed by atoms with Gasteiger partial charge in [0.05, 0.1) is 5.69 Å². The van der Waals surface area contributed by atoms with E-state index in [4.69, 9.17) is 0 Å². The van der Waals surface area contributed by atoms with Crippen LogP contribution in [0.5, 0.6) is 0 Å². The van der Waals surface area contributed by atoms with Crippen molar-refractivity contribution in [1.82, 2.24) is 25.0 Å². The molecule has 0 aliphatic carbocycles. The third-order valence-electron chi connectivity index (χ3n) is 3.88. The van der Waals surface area contributed by atoms with E-state index in [0.29, 0.717) is 12.3 Å². The number of hydrogen-bond acceptors (Lipinski definition) is 5. The Morgan fingerprint density at radius 3 is 2.67 bits per heavy atom. The number of imide groups is 1. The minimum absolute atomic E-state index is 0.200. The minimum Gasteiger partial charge on any atom is -0.324 e. The van der Waals surface area contributed by atoms with Crippen molar-refractivity contribution < 1.29 is 9.59 Å². The molecule has 24 heavy (non-hydrogen) atoms. The predicted octanol–water partition coefficient (Wildman–Crippen LogP) is 2.00. The van der Waals surface area contributed by atoms with Gasteiger partial charge in [0.1, 0.15) is 11.9 Å². The van der Waals surface area contributed by atoms with Crippen molar-refractivity contribution in [2.24, 2.45) is 0 Å². The average Bonchev–Trinajstić information content (AvgIpc) is 3.05. The van der Waals surface area contributed by atoms with Crippen molar-refractivity contribution in [3.8, 4) is 5.69 Å². The summed E-state index contributed by atoms with van der Waals surface area (Å²) in [5.41, 5.74) is 1.30. The van der Waals surface area contributed by atoms with Gasteiger partial charge < -0.3 is 5.32 Å². The van der Waals surface area contributed by atoms with Crippen LogP contribution in [0.25, 0.3) is 5.69 Å². The molecule has 0 bridgehead atoms. The van der Waals surface area contributed by atoms with Gasteiger partial charge in [-0.25, -0.2) is 4.79 Å². The molecule has 0 radical (unpaired) electrons. The zero-order chi connectivity index (χ0) is 17.3. The number of thioether (sulfide) groups is 1. The first-order chi connectivity index (χ1) is 11.4. The molecule has 1 fully saturated rings. The van der Waals surface area contributed by atoms with Crippen LogP contribution in [0, 0.1) is 6.92 Å². The molecule has 0 spiro atoms. The molecule has 2 aromatic rings. The number of carbonyl (C=O) groups excluding carboxylic acids is 2. The van der Waals surface area contributed by atoms with Crippen LogP contribution in [0.4, 0.5) is 4.79 Å². The number of rotatable bonds is 5. The van der Waals surface area contributed by atoms with Crippen LogP contribution in [-0.4, -0.2) is 49.4 Å². The van der Waals surface area contributed by atoms with Gasteiger partial charge >= 0.3 is 6.03 Å². The Bertz CT molecular complexity index is 786. The molecule has 1 aliphatic rings. The molecule has 1 N–H and O–H groups in total. The minimum atomic E-state index is -0.830. The standard InChI is InChI=1S/C16H19N5O2S/c1-11-6-4-5-7-12(11)21-10-17-19-15(21)24-9-8-20-13(22)16(2,3)18-14(20)23/h4-7,10H,8-9H2,1-3H3,(H,18,23). The van der Waals surface area contributed by atoms with Crippen molar-refractivity contribution >= 4 is 23.7 Å². The lowest BCUT2D eigenvalue weighted by Crippen LogP contribution is -2.40. The Hall–Kier alpha value is -2.35. The first kappa shape index (κ1) is 16.5. The first-order valence-electron chi connectivity index (χ1n) is 7.63. The maximum Gasteiger partial charge on any atom is 0.325 e. The molecular formula is C16H19N5O2S. The number of aromatic nitrogens is 3. The summed E-state index contributed by atoms with van der Waals surface area (Å²) in [7, 11) is 0. The smallest absolute Gasteiger partial charge is 0.324 e. The summed E-state index contributed by atoms with van der Waals surface area (Å²) in [4.78, 5) is 25.3. The van der Waals surface area contributed by atoms with Crippen LogP contribution >= 0.6 is 11.8 Å².